The van der Waals surface area contributed by atoms with Crippen molar-refractivity contribution in [3.05, 3.63) is 11.8 Å². The molecule has 1 aliphatic heterocycles. The number of anilines is 1. The van der Waals surface area contributed by atoms with Crippen LogP contribution in [0.3, 0.4) is 0 Å². The van der Waals surface area contributed by atoms with Gasteiger partial charge in [0.2, 0.25) is 0 Å². The molecule has 2 rings (SSSR count). The molecule has 1 saturated heterocycles. The Morgan fingerprint density at radius 3 is 2.72 bits per heavy atom. The van der Waals surface area contributed by atoms with Crippen molar-refractivity contribution in [2.45, 2.75) is 33.1 Å². The van der Waals surface area contributed by atoms with Crippen LogP contribution in [-0.2, 0) is 16.6 Å². The zero-order valence-electron chi connectivity index (χ0n) is 10.8. The molecule has 102 valence electrons. The monoisotopic (exact) mass is 272 g/mol. The molecule has 2 heterocycles. The fraction of sp³-hybridized carbons (Fsp3) is 0.727. The van der Waals surface area contributed by atoms with Crippen molar-refractivity contribution in [2.24, 2.45) is 5.92 Å². The van der Waals surface area contributed by atoms with Crippen LogP contribution < -0.4 is 4.72 Å². The third kappa shape index (κ3) is 3.02. The van der Waals surface area contributed by atoms with Gasteiger partial charge in [0.05, 0.1) is 0 Å². The van der Waals surface area contributed by atoms with Gasteiger partial charge in [0.1, 0.15) is 0 Å². The van der Waals surface area contributed by atoms with Crippen LogP contribution in [0.4, 0.5) is 5.82 Å². The maximum atomic E-state index is 12.1. The Morgan fingerprint density at radius 2 is 2.17 bits per heavy atom. The van der Waals surface area contributed by atoms with E-state index in [0.29, 0.717) is 24.8 Å². The van der Waals surface area contributed by atoms with E-state index in [2.05, 4.69) is 21.8 Å². The first-order valence-electron chi connectivity index (χ1n) is 6.33. The lowest BCUT2D eigenvalue weighted by Gasteiger charge is -2.29. The van der Waals surface area contributed by atoms with Crippen molar-refractivity contribution in [3.63, 3.8) is 0 Å². The first-order chi connectivity index (χ1) is 8.51. The second-order valence-electron chi connectivity index (χ2n) is 4.82. The Labute approximate surface area is 108 Å². The number of hydrogen-bond donors (Lipinski definition) is 2. The minimum absolute atomic E-state index is 0.366. The van der Waals surface area contributed by atoms with Gasteiger partial charge in [0, 0.05) is 24.8 Å². The molecule has 0 radical (unpaired) electrons. The zero-order valence-corrected chi connectivity index (χ0v) is 11.6. The van der Waals surface area contributed by atoms with Gasteiger partial charge in [-0.3, -0.25) is 9.82 Å². The summed E-state index contributed by atoms with van der Waals surface area (Å²) in [7, 11) is -3.45. The largest absolute Gasteiger partial charge is 0.302 e. The highest BCUT2D eigenvalue weighted by molar-refractivity contribution is 7.90. The smallest absolute Gasteiger partial charge is 0.280 e. The summed E-state index contributed by atoms with van der Waals surface area (Å²) in [4.78, 5) is 0. The van der Waals surface area contributed by atoms with E-state index in [4.69, 9.17) is 0 Å². The summed E-state index contributed by atoms with van der Waals surface area (Å²) in [5.74, 6) is 0.971. The van der Waals surface area contributed by atoms with Gasteiger partial charge >= 0.3 is 10.2 Å². The van der Waals surface area contributed by atoms with Crippen molar-refractivity contribution >= 4 is 16.0 Å². The van der Waals surface area contributed by atoms with Crippen LogP contribution >= 0.6 is 0 Å². The van der Waals surface area contributed by atoms with Gasteiger partial charge in [-0.25, -0.2) is 0 Å². The highest BCUT2D eigenvalue weighted by Gasteiger charge is 2.26. The van der Waals surface area contributed by atoms with Gasteiger partial charge < -0.3 is 0 Å². The molecular formula is C11H20N4O2S. The van der Waals surface area contributed by atoms with Crippen molar-refractivity contribution in [1.29, 1.82) is 0 Å². The number of nitrogens with zero attached hydrogens (tertiary/aromatic N) is 2. The lowest BCUT2D eigenvalue weighted by atomic mass is 10.0. The van der Waals surface area contributed by atoms with Gasteiger partial charge in [-0.1, -0.05) is 13.8 Å². The summed E-state index contributed by atoms with van der Waals surface area (Å²) in [6.45, 7) is 5.31. The molecule has 0 aliphatic carbocycles. The molecule has 7 heteroatoms. The minimum Gasteiger partial charge on any atom is -0.280 e. The number of rotatable bonds is 4. The van der Waals surface area contributed by atoms with Crippen molar-refractivity contribution < 1.29 is 8.42 Å². The minimum atomic E-state index is -3.45. The highest BCUT2D eigenvalue weighted by atomic mass is 32.2. The van der Waals surface area contributed by atoms with E-state index in [1.54, 1.807) is 6.07 Å². The maximum Gasteiger partial charge on any atom is 0.302 e. The quantitative estimate of drug-likeness (QED) is 0.868. The molecule has 0 bridgehead atoms. The van der Waals surface area contributed by atoms with Gasteiger partial charge in [-0.05, 0) is 25.2 Å². The summed E-state index contributed by atoms with van der Waals surface area (Å²) in [5.41, 5.74) is 0.917. The number of aromatic nitrogens is 2. The van der Waals surface area contributed by atoms with Gasteiger partial charge in [0.15, 0.2) is 5.82 Å². The number of nitrogens with one attached hydrogen (secondary N) is 2. The van der Waals surface area contributed by atoms with Crippen molar-refractivity contribution in [2.75, 3.05) is 17.8 Å². The average Bonchev–Trinajstić information content (AvgIpc) is 2.76. The summed E-state index contributed by atoms with van der Waals surface area (Å²) >= 11 is 0. The lowest BCUT2D eigenvalue weighted by Crippen LogP contribution is -2.41. The SMILES string of the molecule is CCc1cc(NS(=O)(=O)N2CCC(C)CC2)n[nH]1. The first kappa shape index (κ1) is 13.4. The van der Waals surface area contributed by atoms with Gasteiger partial charge in [-0.2, -0.15) is 17.8 Å². The summed E-state index contributed by atoms with van der Waals surface area (Å²) in [6.07, 6.45) is 2.64. The van der Waals surface area contributed by atoms with Crippen LogP contribution in [0, 0.1) is 5.92 Å². The molecule has 2 N–H and O–H groups in total. The van der Waals surface area contributed by atoms with Crippen LogP contribution in [0.25, 0.3) is 0 Å². The number of piperidine rings is 1. The van der Waals surface area contributed by atoms with Crippen LogP contribution in [0.1, 0.15) is 32.4 Å². The van der Waals surface area contributed by atoms with Gasteiger partial charge in [0.25, 0.3) is 0 Å². The molecule has 0 amide bonds. The maximum absolute atomic E-state index is 12.1. The number of aromatic amines is 1. The Balaban J connectivity index is 2.02. The molecule has 1 fully saturated rings. The van der Waals surface area contributed by atoms with E-state index < -0.39 is 10.2 Å². The molecule has 0 aromatic carbocycles. The van der Waals surface area contributed by atoms with Crippen LogP contribution in [-0.4, -0.2) is 36.0 Å². The summed E-state index contributed by atoms with van der Waals surface area (Å²) in [6, 6.07) is 1.73. The van der Waals surface area contributed by atoms with E-state index in [1.807, 2.05) is 6.92 Å². The predicted octanol–water partition coefficient (Wildman–Crippen LogP) is 1.36. The first-order valence-corrected chi connectivity index (χ1v) is 7.77. The van der Waals surface area contributed by atoms with E-state index in [1.165, 1.54) is 4.31 Å². The Hall–Kier alpha value is -1.08. The number of H-pyrrole nitrogens is 1. The second-order valence-corrected chi connectivity index (χ2v) is 6.49. The Kier molecular flexibility index (Phi) is 3.91. The number of aryl methyl sites for hydroxylation is 1. The van der Waals surface area contributed by atoms with E-state index in [-0.39, 0.29) is 0 Å². The fourth-order valence-electron chi connectivity index (χ4n) is 2.02. The highest BCUT2D eigenvalue weighted by Crippen LogP contribution is 2.19. The molecular weight excluding hydrogens is 252 g/mol. The average molecular weight is 272 g/mol. The molecule has 6 nitrogen and oxygen atoms in total. The topological polar surface area (TPSA) is 78.1 Å². The molecule has 1 aromatic heterocycles. The second kappa shape index (κ2) is 5.27. The van der Waals surface area contributed by atoms with E-state index in [0.717, 1.165) is 25.0 Å². The molecule has 0 unspecified atom stereocenters. The lowest BCUT2D eigenvalue weighted by molar-refractivity contribution is 0.289. The normalized spacial score (nSPS) is 19.0. The molecule has 1 aliphatic rings. The van der Waals surface area contributed by atoms with Gasteiger partial charge in [-0.15, -0.1) is 0 Å². The Bertz CT molecular complexity index is 489. The number of hydrogen-bond acceptors (Lipinski definition) is 3. The molecule has 0 atom stereocenters. The molecule has 18 heavy (non-hydrogen) atoms. The zero-order chi connectivity index (χ0) is 13.2. The third-order valence-electron chi connectivity index (χ3n) is 3.33. The predicted molar refractivity (Wildman–Crippen MR) is 70.5 cm³/mol. The van der Waals surface area contributed by atoms with E-state index >= 15 is 0 Å². The standard InChI is InChI=1S/C11H20N4O2S/c1-3-10-8-11(13-12-10)14-18(16,17)15-6-4-9(2)5-7-15/h8-9H,3-7H2,1-2H3,(H2,12,13,14). The van der Waals surface area contributed by atoms with Crippen molar-refractivity contribution in [1.82, 2.24) is 14.5 Å². The molecule has 0 saturated carbocycles. The molecule has 1 aromatic rings. The molecule has 0 spiro atoms. The van der Waals surface area contributed by atoms with Crippen LogP contribution in [0.15, 0.2) is 6.07 Å². The van der Waals surface area contributed by atoms with E-state index in [9.17, 15) is 8.42 Å². The van der Waals surface area contributed by atoms with Crippen LogP contribution in [0.2, 0.25) is 0 Å². The third-order valence-corrected chi connectivity index (χ3v) is 4.84. The summed E-state index contributed by atoms with van der Waals surface area (Å²) < 4.78 is 28.2. The van der Waals surface area contributed by atoms with Crippen molar-refractivity contribution in [3.8, 4) is 0 Å². The van der Waals surface area contributed by atoms with Crippen LogP contribution in [0.5, 0.6) is 0 Å². The Morgan fingerprint density at radius 1 is 1.50 bits per heavy atom. The fourth-order valence-corrected chi connectivity index (χ4v) is 3.21. The summed E-state index contributed by atoms with van der Waals surface area (Å²) in [5, 5.41) is 6.73.